The largest absolute Gasteiger partial charge is 0.484 e. The zero-order valence-corrected chi connectivity index (χ0v) is 14.5. The number of carboxylic acids is 1. The Morgan fingerprint density at radius 1 is 1.04 bits per heavy atom. The molecule has 26 heavy (non-hydrogen) atoms. The molecule has 0 heterocycles. The molecule has 7 heteroatoms. The van der Waals surface area contributed by atoms with Crippen molar-refractivity contribution in [2.75, 3.05) is 17.2 Å². The molecule has 0 aromatic heterocycles. The zero-order chi connectivity index (χ0) is 19.1. The van der Waals surface area contributed by atoms with Gasteiger partial charge in [-0.05, 0) is 36.8 Å². The van der Waals surface area contributed by atoms with Gasteiger partial charge in [0.25, 0.3) is 5.91 Å². The molecule has 3 N–H and O–H groups in total. The van der Waals surface area contributed by atoms with Crippen molar-refractivity contribution in [3.05, 3.63) is 53.6 Å². The molecule has 0 aliphatic rings. The van der Waals surface area contributed by atoms with Gasteiger partial charge < -0.3 is 20.5 Å². The van der Waals surface area contributed by atoms with E-state index in [0.717, 1.165) is 5.56 Å². The number of rotatable bonds is 7. The molecule has 0 aliphatic carbocycles. The van der Waals surface area contributed by atoms with E-state index >= 15 is 0 Å². The van der Waals surface area contributed by atoms with Crippen LogP contribution in [0.4, 0.5) is 11.4 Å². The Morgan fingerprint density at radius 3 is 2.50 bits per heavy atom. The molecule has 0 radical (unpaired) electrons. The first-order valence-corrected chi connectivity index (χ1v) is 8.05. The molecule has 0 saturated carbocycles. The first kappa shape index (κ1) is 19.0. The third kappa shape index (κ3) is 5.34. The second-order valence-corrected chi connectivity index (χ2v) is 5.60. The summed E-state index contributed by atoms with van der Waals surface area (Å²) >= 11 is 0. The predicted molar refractivity (Wildman–Crippen MR) is 97.6 cm³/mol. The van der Waals surface area contributed by atoms with E-state index in [-0.39, 0.29) is 18.1 Å². The fourth-order valence-corrected chi connectivity index (χ4v) is 2.14. The number of carbonyl (C=O) groups is 3. The summed E-state index contributed by atoms with van der Waals surface area (Å²) in [6, 6.07) is 11.2. The quantitative estimate of drug-likeness (QED) is 0.707. The molecule has 0 saturated heterocycles. The lowest BCUT2D eigenvalue weighted by atomic mass is 10.1. The van der Waals surface area contributed by atoms with Gasteiger partial charge in [-0.15, -0.1) is 0 Å². The van der Waals surface area contributed by atoms with Crippen LogP contribution in [0.25, 0.3) is 0 Å². The summed E-state index contributed by atoms with van der Waals surface area (Å²) in [7, 11) is 0. The molecule has 136 valence electrons. The van der Waals surface area contributed by atoms with Crippen LogP contribution in [-0.4, -0.2) is 29.5 Å². The Bertz CT molecular complexity index is 832. The van der Waals surface area contributed by atoms with Crippen LogP contribution in [0.1, 0.15) is 29.3 Å². The number of carboxylic acid groups (broad SMARTS) is 1. The van der Waals surface area contributed by atoms with Crippen molar-refractivity contribution in [3.8, 4) is 5.75 Å². The molecule has 0 bridgehead atoms. The third-order valence-electron chi connectivity index (χ3n) is 3.57. The average molecular weight is 356 g/mol. The molecule has 0 aliphatic heterocycles. The van der Waals surface area contributed by atoms with Gasteiger partial charge in [-0.25, -0.2) is 4.79 Å². The summed E-state index contributed by atoms with van der Waals surface area (Å²) in [5.74, 6) is -1.17. The van der Waals surface area contributed by atoms with Crippen molar-refractivity contribution in [2.45, 2.75) is 20.3 Å². The highest BCUT2D eigenvalue weighted by Gasteiger charge is 2.10. The molecule has 0 atom stereocenters. The maximum Gasteiger partial charge on any atom is 0.335 e. The summed E-state index contributed by atoms with van der Waals surface area (Å²) in [5, 5.41) is 14.4. The van der Waals surface area contributed by atoms with E-state index < -0.39 is 11.9 Å². The lowest BCUT2D eigenvalue weighted by Crippen LogP contribution is -2.21. The predicted octanol–water partition coefficient (Wildman–Crippen LogP) is 3.06. The number of ether oxygens (including phenoxy) is 1. The number of benzene rings is 2. The first-order chi connectivity index (χ1) is 12.4. The second-order valence-electron chi connectivity index (χ2n) is 5.60. The van der Waals surface area contributed by atoms with E-state index in [1.807, 2.05) is 0 Å². The Balaban J connectivity index is 1.97. The van der Waals surface area contributed by atoms with Crippen molar-refractivity contribution < 1.29 is 24.2 Å². The van der Waals surface area contributed by atoms with Gasteiger partial charge in [0, 0.05) is 23.9 Å². The smallest absolute Gasteiger partial charge is 0.335 e. The van der Waals surface area contributed by atoms with Gasteiger partial charge in [0.2, 0.25) is 5.91 Å². The third-order valence-corrected chi connectivity index (χ3v) is 3.57. The van der Waals surface area contributed by atoms with Crippen LogP contribution in [0.15, 0.2) is 42.5 Å². The highest BCUT2D eigenvalue weighted by molar-refractivity contribution is 5.95. The van der Waals surface area contributed by atoms with Crippen LogP contribution in [0, 0.1) is 6.92 Å². The Labute approximate surface area is 151 Å². The standard InChI is InChI=1S/C19H20N2O5/c1-3-17(22)20-14-5-4-6-15(10-14)26-11-18(23)21-16-9-13(19(24)25)8-7-12(16)2/h4-10H,3,11H2,1-2H3,(H,20,22)(H,21,23)(H,24,25). The minimum absolute atomic E-state index is 0.0891. The number of aromatic carboxylic acids is 1. The lowest BCUT2D eigenvalue weighted by Gasteiger charge is -2.11. The molecule has 2 aromatic rings. The van der Waals surface area contributed by atoms with E-state index in [2.05, 4.69) is 10.6 Å². The minimum Gasteiger partial charge on any atom is -0.484 e. The number of hydrogen-bond donors (Lipinski definition) is 3. The number of nitrogens with one attached hydrogen (secondary N) is 2. The average Bonchev–Trinajstić information content (AvgIpc) is 2.62. The molecular formula is C19H20N2O5. The van der Waals surface area contributed by atoms with Crippen molar-refractivity contribution in [1.82, 2.24) is 0 Å². The van der Waals surface area contributed by atoms with Gasteiger partial charge in [-0.2, -0.15) is 0 Å². The van der Waals surface area contributed by atoms with Gasteiger partial charge in [0.1, 0.15) is 5.75 Å². The zero-order valence-electron chi connectivity index (χ0n) is 14.5. The molecule has 2 aromatic carbocycles. The van der Waals surface area contributed by atoms with E-state index in [4.69, 9.17) is 9.84 Å². The van der Waals surface area contributed by atoms with Gasteiger partial charge in [0.15, 0.2) is 6.61 Å². The first-order valence-electron chi connectivity index (χ1n) is 8.05. The molecule has 2 amide bonds. The fourth-order valence-electron chi connectivity index (χ4n) is 2.14. The SMILES string of the molecule is CCC(=O)Nc1cccc(OCC(=O)Nc2cc(C(=O)O)ccc2C)c1. The minimum atomic E-state index is -1.07. The molecular weight excluding hydrogens is 336 g/mol. The molecule has 0 fully saturated rings. The summed E-state index contributed by atoms with van der Waals surface area (Å²) < 4.78 is 5.43. The summed E-state index contributed by atoms with van der Waals surface area (Å²) in [6.07, 6.45) is 0.363. The highest BCUT2D eigenvalue weighted by atomic mass is 16.5. The summed E-state index contributed by atoms with van der Waals surface area (Å²) in [4.78, 5) is 34.5. The van der Waals surface area contributed by atoms with Crippen LogP contribution in [0.3, 0.4) is 0 Å². The van der Waals surface area contributed by atoms with Gasteiger partial charge in [-0.1, -0.05) is 19.1 Å². The van der Waals surface area contributed by atoms with Crippen LogP contribution in [0.2, 0.25) is 0 Å². The number of amides is 2. The van der Waals surface area contributed by atoms with Gasteiger partial charge in [-0.3, -0.25) is 9.59 Å². The Morgan fingerprint density at radius 2 is 1.81 bits per heavy atom. The topological polar surface area (TPSA) is 105 Å². The van der Waals surface area contributed by atoms with Crippen molar-refractivity contribution in [1.29, 1.82) is 0 Å². The van der Waals surface area contributed by atoms with Crippen LogP contribution in [-0.2, 0) is 9.59 Å². The number of hydrogen-bond acceptors (Lipinski definition) is 4. The normalized spacial score (nSPS) is 10.1. The Kier molecular flexibility index (Phi) is 6.32. The maximum atomic E-state index is 12.1. The Hall–Kier alpha value is -3.35. The molecule has 0 spiro atoms. The van der Waals surface area contributed by atoms with Crippen LogP contribution in [0.5, 0.6) is 5.75 Å². The van der Waals surface area contributed by atoms with Gasteiger partial charge in [0.05, 0.1) is 5.56 Å². The monoisotopic (exact) mass is 356 g/mol. The lowest BCUT2D eigenvalue weighted by molar-refractivity contribution is -0.118. The molecule has 2 rings (SSSR count). The number of anilines is 2. The van der Waals surface area contributed by atoms with Crippen molar-refractivity contribution in [3.63, 3.8) is 0 Å². The highest BCUT2D eigenvalue weighted by Crippen LogP contribution is 2.19. The van der Waals surface area contributed by atoms with Crippen molar-refractivity contribution >= 4 is 29.2 Å². The summed E-state index contributed by atoms with van der Waals surface area (Å²) in [6.45, 7) is 3.27. The summed E-state index contributed by atoms with van der Waals surface area (Å²) in [5.41, 5.74) is 1.83. The van der Waals surface area contributed by atoms with Gasteiger partial charge >= 0.3 is 5.97 Å². The van der Waals surface area contributed by atoms with E-state index in [1.165, 1.54) is 12.1 Å². The molecule has 0 unspecified atom stereocenters. The van der Waals surface area contributed by atoms with Crippen LogP contribution >= 0.6 is 0 Å². The fraction of sp³-hybridized carbons (Fsp3) is 0.211. The molecule has 7 nitrogen and oxygen atoms in total. The van der Waals surface area contributed by atoms with Crippen molar-refractivity contribution in [2.24, 2.45) is 0 Å². The van der Waals surface area contributed by atoms with E-state index in [1.54, 1.807) is 44.2 Å². The maximum absolute atomic E-state index is 12.1. The van der Waals surface area contributed by atoms with Crippen LogP contribution < -0.4 is 15.4 Å². The number of carbonyl (C=O) groups excluding carboxylic acids is 2. The second kappa shape index (κ2) is 8.66. The van der Waals surface area contributed by atoms with E-state index in [0.29, 0.717) is 23.5 Å². The van der Waals surface area contributed by atoms with E-state index in [9.17, 15) is 14.4 Å². The number of aryl methyl sites for hydroxylation is 1.